The molecule has 2 unspecified atom stereocenters. The molecule has 1 aromatic carbocycles. The molecule has 216 valence electrons. The molecule has 7 rings (SSSR count). The lowest BCUT2D eigenvalue weighted by atomic mass is 9.73. The Labute approximate surface area is 237 Å². The Hall–Kier alpha value is -2.45. The van der Waals surface area contributed by atoms with Crippen LogP contribution in [-0.4, -0.2) is 81.3 Å². The zero-order valence-corrected chi connectivity index (χ0v) is 24.1. The maximum atomic E-state index is 14.3. The minimum absolute atomic E-state index is 0.116. The number of benzene rings is 1. The molecule has 2 aromatic rings. The van der Waals surface area contributed by atoms with Crippen molar-refractivity contribution in [2.75, 3.05) is 25.5 Å². The number of hydrogen-bond acceptors (Lipinski definition) is 6. The van der Waals surface area contributed by atoms with E-state index in [2.05, 4.69) is 4.90 Å². The number of para-hydroxylation sites is 2. The lowest BCUT2D eigenvalue weighted by Gasteiger charge is -2.54. The monoisotopic (exact) mass is 547 g/mol. The van der Waals surface area contributed by atoms with E-state index in [-0.39, 0.29) is 17.6 Å². The first-order valence-corrected chi connectivity index (χ1v) is 15.8. The summed E-state index contributed by atoms with van der Waals surface area (Å²) in [4.78, 5) is 37.9. The van der Waals surface area contributed by atoms with Crippen molar-refractivity contribution in [2.24, 2.45) is 11.8 Å². The Morgan fingerprint density at radius 3 is 2.20 bits per heavy atom. The van der Waals surface area contributed by atoms with Crippen molar-refractivity contribution in [3.05, 3.63) is 34.6 Å². The van der Waals surface area contributed by atoms with Gasteiger partial charge in [0.25, 0.3) is 5.56 Å². The summed E-state index contributed by atoms with van der Waals surface area (Å²) >= 11 is 0. The summed E-state index contributed by atoms with van der Waals surface area (Å²) in [7, 11) is 3.80. The third-order valence-corrected chi connectivity index (χ3v) is 11.2. The highest BCUT2D eigenvalue weighted by Gasteiger charge is 2.48. The van der Waals surface area contributed by atoms with Gasteiger partial charge in [-0.3, -0.25) is 9.69 Å². The van der Waals surface area contributed by atoms with Crippen LogP contribution in [0.15, 0.2) is 29.1 Å². The Bertz CT molecular complexity index is 1300. The quantitative estimate of drug-likeness (QED) is 0.590. The molecule has 3 saturated heterocycles. The molecule has 5 fully saturated rings. The molecule has 8 heteroatoms. The Morgan fingerprint density at radius 2 is 1.55 bits per heavy atom. The minimum Gasteiger partial charge on any atom is -0.480 e. The zero-order chi connectivity index (χ0) is 27.5. The average molecular weight is 548 g/mol. The molecule has 5 aliphatic rings. The number of aromatic nitrogens is 2. The second-order valence-corrected chi connectivity index (χ2v) is 13.8. The highest BCUT2D eigenvalue weighted by Crippen LogP contribution is 2.47. The first kappa shape index (κ1) is 26.4. The summed E-state index contributed by atoms with van der Waals surface area (Å²) in [6.45, 7) is 0.498. The SMILES string of the molecule is CN(C)[C@@H]1CN(c2nc3ccccc3n(C3C[C@H]4CCC[C@@H](C3)N4C3C[C@H]4CCCC[C@@H](C3)C4)c2=O)[C@@H]1C(=O)O. The number of hydrogen-bond donors (Lipinski definition) is 1. The van der Waals surface area contributed by atoms with Crippen LogP contribution in [0.4, 0.5) is 5.82 Å². The van der Waals surface area contributed by atoms with Crippen LogP contribution in [0.25, 0.3) is 11.0 Å². The molecule has 0 amide bonds. The fraction of sp³-hybridized carbons (Fsp3) is 0.719. The number of anilines is 1. The van der Waals surface area contributed by atoms with Crippen LogP contribution >= 0.6 is 0 Å². The van der Waals surface area contributed by atoms with Crippen molar-refractivity contribution in [1.82, 2.24) is 19.4 Å². The topological polar surface area (TPSA) is 81.9 Å². The Morgan fingerprint density at radius 1 is 0.875 bits per heavy atom. The van der Waals surface area contributed by atoms with Gasteiger partial charge in [0.2, 0.25) is 0 Å². The minimum atomic E-state index is -0.901. The van der Waals surface area contributed by atoms with Crippen molar-refractivity contribution in [3.63, 3.8) is 0 Å². The third kappa shape index (κ3) is 4.46. The number of carboxylic acids is 1. The molecule has 4 bridgehead atoms. The third-order valence-electron chi connectivity index (χ3n) is 11.2. The second-order valence-electron chi connectivity index (χ2n) is 13.8. The lowest BCUT2D eigenvalue weighted by Crippen LogP contribution is -2.69. The molecule has 40 heavy (non-hydrogen) atoms. The first-order chi connectivity index (χ1) is 19.4. The number of nitrogens with zero attached hydrogens (tertiary/aromatic N) is 5. The van der Waals surface area contributed by atoms with Gasteiger partial charge in [-0.05, 0) is 83.0 Å². The second kappa shape index (κ2) is 10.4. The lowest BCUT2D eigenvalue weighted by molar-refractivity contribution is -0.142. The van der Waals surface area contributed by atoms with Crippen LogP contribution < -0.4 is 10.5 Å². The smallest absolute Gasteiger partial charge is 0.328 e. The van der Waals surface area contributed by atoms with Crippen molar-refractivity contribution in [3.8, 4) is 0 Å². The highest BCUT2D eigenvalue weighted by atomic mass is 16.4. The van der Waals surface area contributed by atoms with Gasteiger partial charge < -0.3 is 19.5 Å². The van der Waals surface area contributed by atoms with Gasteiger partial charge in [0.15, 0.2) is 5.82 Å². The number of likely N-dealkylation sites (N-methyl/N-ethyl adjacent to an activating group) is 1. The summed E-state index contributed by atoms with van der Waals surface area (Å²) in [5.74, 6) is 1.21. The Balaban J connectivity index is 1.22. The van der Waals surface area contributed by atoms with Crippen molar-refractivity contribution in [2.45, 2.75) is 113 Å². The van der Waals surface area contributed by atoms with Crippen LogP contribution in [0.5, 0.6) is 0 Å². The van der Waals surface area contributed by atoms with E-state index >= 15 is 0 Å². The van der Waals surface area contributed by atoms with E-state index in [1.54, 1.807) is 4.90 Å². The van der Waals surface area contributed by atoms with E-state index in [1.807, 2.05) is 47.8 Å². The number of aliphatic carboxylic acids is 1. The molecule has 3 aliphatic heterocycles. The molecule has 2 aliphatic carbocycles. The van der Waals surface area contributed by atoms with Crippen molar-refractivity contribution in [1.29, 1.82) is 0 Å². The molecular weight excluding hydrogens is 502 g/mol. The Kier molecular flexibility index (Phi) is 6.90. The van der Waals surface area contributed by atoms with Gasteiger partial charge in [0.05, 0.1) is 17.1 Å². The van der Waals surface area contributed by atoms with E-state index in [4.69, 9.17) is 4.98 Å². The number of piperidine rings is 2. The summed E-state index contributed by atoms with van der Waals surface area (Å²) in [5, 5.41) is 10.0. The highest BCUT2D eigenvalue weighted by molar-refractivity contribution is 5.83. The molecular formula is C32H45N5O3. The molecule has 8 nitrogen and oxygen atoms in total. The number of carboxylic acid groups (broad SMARTS) is 1. The largest absolute Gasteiger partial charge is 0.480 e. The van der Waals surface area contributed by atoms with E-state index in [0.717, 1.165) is 35.7 Å². The molecule has 1 N–H and O–H groups in total. The van der Waals surface area contributed by atoms with E-state index in [0.29, 0.717) is 30.5 Å². The van der Waals surface area contributed by atoms with E-state index < -0.39 is 12.0 Å². The summed E-state index contributed by atoms with van der Waals surface area (Å²) in [6.07, 6.45) is 15.6. The molecule has 0 spiro atoms. The summed E-state index contributed by atoms with van der Waals surface area (Å²) in [6, 6.07) is 8.92. The average Bonchev–Trinajstić information content (AvgIpc) is 3.06. The van der Waals surface area contributed by atoms with Crippen molar-refractivity contribution < 1.29 is 9.90 Å². The molecule has 2 saturated carbocycles. The summed E-state index contributed by atoms with van der Waals surface area (Å²) in [5.41, 5.74) is 1.54. The van der Waals surface area contributed by atoms with Crippen LogP contribution in [0, 0.1) is 11.8 Å². The summed E-state index contributed by atoms with van der Waals surface area (Å²) < 4.78 is 2.02. The van der Waals surface area contributed by atoms with Gasteiger partial charge in [-0.15, -0.1) is 0 Å². The zero-order valence-electron chi connectivity index (χ0n) is 24.1. The normalized spacial score (nSPS) is 36.3. The van der Waals surface area contributed by atoms with Gasteiger partial charge in [0.1, 0.15) is 6.04 Å². The maximum Gasteiger partial charge on any atom is 0.328 e. The van der Waals surface area contributed by atoms with Crippen LogP contribution in [0.2, 0.25) is 0 Å². The number of carbonyl (C=O) groups is 1. The molecule has 1 aromatic heterocycles. The predicted molar refractivity (Wildman–Crippen MR) is 157 cm³/mol. The predicted octanol–water partition coefficient (Wildman–Crippen LogP) is 4.52. The maximum absolute atomic E-state index is 14.3. The van der Waals surface area contributed by atoms with Gasteiger partial charge in [-0.1, -0.05) is 44.2 Å². The van der Waals surface area contributed by atoms with Crippen LogP contribution in [0.1, 0.15) is 83.1 Å². The van der Waals surface area contributed by atoms with Crippen molar-refractivity contribution >= 4 is 22.8 Å². The molecule has 0 radical (unpaired) electrons. The van der Waals surface area contributed by atoms with E-state index in [9.17, 15) is 14.7 Å². The molecule has 4 heterocycles. The first-order valence-electron chi connectivity index (χ1n) is 15.8. The fourth-order valence-electron chi connectivity index (χ4n) is 9.44. The van der Waals surface area contributed by atoms with Crippen LogP contribution in [-0.2, 0) is 4.79 Å². The number of fused-ring (bicyclic) bond motifs is 5. The van der Waals surface area contributed by atoms with Gasteiger partial charge in [-0.2, -0.15) is 0 Å². The van der Waals surface area contributed by atoms with E-state index in [1.165, 1.54) is 64.2 Å². The van der Waals surface area contributed by atoms with Crippen LogP contribution in [0.3, 0.4) is 0 Å². The fourth-order valence-corrected chi connectivity index (χ4v) is 9.44. The number of rotatable bonds is 5. The van der Waals surface area contributed by atoms with Gasteiger partial charge in [0, 0.05) is 30.7 Å². The van der Waals surface area contributed by atoms with Gasteiger partial charge in [-0.25, -0.2) is 9.78 Å². The van der Waals surface area contributed by atoms with Gasteiger partial charge >= 0.3 is 5.97 Å². The standard InChI is InChI=1S/C32H45N5O3/c1-34(2)28-19-35(29(28)32(39)40)30-31(38)37(27-13-6-5-12-26(27)33-30)25-17-22-10-7-11-23(18-25)36(22)24-15-20-8-3-4-9-21(14-20)16-24/h5-6,12-13,20-25,28-29H,3-4,7-11,14-19H2,1-2H3,(H,39,40)/t20-,21+,22-,23+,24?,25?,28-,29+/m1/s1. The molecule has 8 atom stereocenters.